The van der Waals surface area contributed by atoms with Gasteiger partial charge in [0.15, 0.2) is 0 Å². The van der Waals surface area contributed by atoms with Crippen LogP contribution in [0.15, 0.2) is 18.2 Å². The molecule has 0 spiro atoms. The summed E-state index contributed by atoms with van der Waals surface area (Å²) in [6, 6.07) is 5.76. The van der Waals surface area contributed by atoms with Gasteiger partial charge < -0.3 is 10.5 Å². The van der Waals surface area contributed by atoms with Gasteiger partial charge in [-0.15, -0.1) is 0 Å². The first-order chi connectivity index (χ1) is 6.74. The maximum atomic E-state index is 6.12. The predicted octanol–water partition coefficient (Wildman–Crippen LogP) is 2.65. The van der Waals surface area contributed by atoms with Crippen LogP contribution in [0.5, 0.6) is 0 Å². The molecule has 0 bridgehead atoms. The predicted molar refractivity (Wildman–Crippen MR) is 57.2 cm³/mol. The lowest BCUT2D eigenvalue weighted by atomic mass is 9.93. The Morgan fingerprint density at radius 3 is 3.07 bits per heavy atom. The summed E-state index contributed by atoms with van der Waals surface area (Å²) in [5.74, 6) is 0. The van der Waals surface area contributed by atoms with E-state index in [1.807, 2.05) is 18.2 Å². The first-order valence-corrected chi connectivity index (χ1v) is 5.26. The second kappa shape index (κ2) is 3.89. The van der Waals surface area contributed by atoms with Crippen molar-refractivity contribution >= 4 is 11.6 Å². The first-order valence-electron chi connectivity index (χ1n) is 4.88. The molecule has 0 amide bonds. The number of ether oxygens (including phenoxy) is 1. The second-order valence-corrected chi connectivity index (χ2v) is 4.00. The summed E-state index contributed by atoms with van der Waals surface area (Å²) in [6.07, 6.45) is 1.02. The van der Waals surface area contributed by atoms with Crippen LogP contribution in [-0.4, -0.2) is 6.10 Å². The van der Waals surface area contributed by atoms with Gasteiger partial charge in [0, 0.05) is 5.02 Å². The second-order valence-electron chi connectivity index (χ2n) is 3.60. The summed E-state index contributed by atoms with van der Waals surface area (Å²) >= 11 is 6.12. The van der Waals surface area contributed by atoms with Crippen LogP contribution in [0.25, 0.3) is 0 Å². The Bertz CT molecular complexity index is 340. The zero-order valence-corrected chi connectivity index (χ0v) is 8.92. The van der Waals surface area contributed by atoms with Gasteiger partial charge in [0.05, 0.1) is 18.8 Å². The number of nitrogens with two attached hydrogens (primary N) is 1. The summed E-state index contributed by atoms with van der Waals surface area (Å²) < 4.78 is 5.64. The highest BCUT2D eigenvalue weighted by Gasteiger charge is 2.27. The fourth-order valence-corrected chi connectivity index (χ4v) is 2.26. The van der Waals surface area contributed by atoms with Gasteiger partial charge in [-0.1, -0.05) is 30.7 Å². The van der Waals surface area contributed by atoms with Crippen LogP contribution in [0, 0.1) is 0 Å². The van der Waals surface area contributed by atoms with Crippen molar-refractivity contribution in [3.63, 3.8) is 0 Å². The minimum Gasteiger partial charge on any atom is -0.372 e. The smallest absolute Gasteiger partial charge is 0.0770 e. The quantitative estimate of drug-likeness (QED) is 0.775. The van der Waals surface area contributed by atoms with E-state index in [0.717, 1.165) is 22.6 Å². The largest absolute Gasteiger partial charge is 0.372 e. The highest BCUT2D eigenvalue weighted by Crippen LogP contribution is 2.34. The number of halogens is 1. The maximum absolute atomic E-state index is 6.12. The molecule has 1 aromatic carbocycles. The molecule has 0 aliphatic carbocycles. The number of hydrogen-bond acceptors (Lipinski definition) is 2. The third-order valence-electron chi connectivity index (χ3n) is 2.73. The van der Waals surface area contributed by atoms with Crippen LogP contribution >= 0.6 is 11.6 Å². The van der Waals surface area contributed by atoms with E-state index >= 15 is 0 Å². The van der Waals surface area contributed by atoms with Crippen molar-refractivity contribution in [2.75, 3.05) is 0 Å². The van der Waals surface area contributed by atoms with Gasteiger partial charge in [0.1, 0.15) is 0 Å². The molecule has 2 N–H and O–H groups in total. The minimum absolute atomic E-state index is 0.0857. The van der Waals surface area contributed by atoms with Gasteiger partial charge in [-0.2, -0.15) is 0 Å². The molecule has 0 aromatic heterocycles. The van der Waals surface area contributed by atoms with Gasteiger partial charge in [0.2, 0.25) is 0 Å². The Hall–Kier alpha value is -0.570. The summed E-state index contributed by atoms with van der Waals surface area (Å²) in [6.45, 7) is 2.70. The van der Waals surface area contributed by atoms with Crippen molar-refractivity contribution in [2.45, 2.75) is 32.1 Å². The number of fused-ring (bicyclic) bond motifs is 1. The molecule has 2 rings (SSSR count). The fraction of sp³-hybridized carbons (Fsp3) is 0.455. The van der Waals surface area contributed by atoms with Crippen LogP contribution in [0.3, 0.4) is 0 Å². The monoisotopic (exact) mass is 211 g/mol. The van der Waals surface area contributed by atoms with Gasteiger partial charge in [-0.3, -0.25) is 0 Å². The van der Waals surface area contributed by atoms with Crippen LogP contribution < -0.4 is 5.73 Å². The molecule has 3 heteroatoms. The summed E-state index contributed by atoms with van der Waals surface area (Å²) in [7, 11) is 0. The molecule has 0 radical (unpaired) electrons. The van der Waals surface area contributed by atoms with Crippen molar-refractivity contribution < 1.29 is 4.74 Å². The molecule has 0 saturated heterocycles. The van der Waals surface area contributed by atoms with E-state index in [1.54, 1.807) is 0 Å². The first kappa shape index (κ1) is 9.97. The number of rotatable bonds is 1. The minimum atomic E-state index is -0.0857. The highest BCUT2D eigenvalue weighted by atomic mass is 35.5. The van der Waals surface area contributed by atoms with Crippen LogP contribution in [0.1, 0.15) is 30.5 Å². The van der Waals surface area contributed by atoms with Crippen LogP contribution in [-0.2, 0) is 11.3 Å². The van der Waals surface area contributed by atoms with Crippen molar-refractivity contribution in [3.05, 3.63) is 34.3 Å². The zero-order valence-electron chi connectivity index (χ0n) is 8.16. The molecule has 1 aliphatic rings. The summed E-state index contributed by atoms with van der Waals surface area (Å²) in [5, 5.41) is 0.761. The van der Waals surface area contributed by atoms with Crippen LogP contribution in [0.2, 0.25) is 5.02 Å². The molecule has 1 aromatic rings. The zero-order chi connectivity index (χ0) is 10.1. The van der Waals surface area contributed by atoms with Gasteiger partial charge in [-0.05, 0) is 23.6 Å². The molecule has 0 saturated carbocycles. The molecule has 2 atom stereocenters. The lowest BCUT2D eigenvalue weighted by Gasteiger charge is -2.31. The van der Waals surface area contributed by atoms with Crippen molar-refractivity contribution in [1.82, 2.24) is 0 Å². The summed E-state index contributed by atoms with van der Waals surface area (Å²) in [5.41, 5.74) is 8.27. The average Bonchev–Trinajstić information content (AvgIpc) is 2.18. The molecular formula is C11H14ClNO. The molecule has 76 valence electrons. The highest BCUT2D eigenvalue weighted by molar-refractivity contribution is 6.31. The SMILES string of the molecule is CC[C@H]1OCc2cccc(Cl)c2[C@H]1N. The van der Waals surface area contributed by atoms with Crippen molar-refractivity contribution in [3.8, 4) is 0 Å². The Morgan fingerprint density at radius 2 is 2.36 bits per heavy atom. The average molecular weight is 212 g/mol. The third-order valence-corrected chi connectivity index (χ3v) is 3.06. The molecule has 0 fully saturated rings. The molecule has 1 heterocycles. The van der Waals surface area contributed by atoms with Gasteiger partial charge in [0.25, 0.3) is 0 Å². The maximum Gasteiger partial charge on any atom is 0.0770 e. The molecular weight excluding hydrogens is 198 g/mol. The van der Waals surface area contributed by atoms with Crippen molar-refractivity contribution in [2.24, 2.45) is 5.73 Å². The Morgan fingerprint density at radius 1 is 1.57 bits per heavy atom. The van der Waals surface area contributed by atoms with E-state index in [-0.39, 0.29) is 12.1 Å². The molecule has 1 aliphatic heterocycles. The Kier molecular flexibility index (Phi) is 2.77. The standard InChI is InChI=1S/C11H14ClNO/c1-2-9-11(13)10-7(6-14-9)4-3-5-8(10)12/h3-5,9,11H,2,6,13H2,1H3/t9-,11+/m1/s1. The van der Waals surface area contributed by atoms with Crippen LogP contribution in [0.4, 0.5) is 0 Å². The normalized spacial score (nSPS) is 25.9. The number of hydrogen-bond donors (Lipinski definition) is 1. The summed E-state index contributed by atoms with van der Waals surface area (Å²) in [4.78, 5) is 0. The van der Waals surface area contributed by atoms with E-state index in [9.17, 15) is 0 Å². The third kappa shape index (κ3) is 1.54. The lowest BCUT2D eigenvalue weighted by Crippen LogP contribution is -2.33. The Balaban J connectivity index is 2.43. The van der Waals surface area contributed by atoms with E-state index in [4.69, 9.17) is 22.1 Å². The molecule has 0 unspecified atom stereocenters. The van der Waals surface area contributed by atoms with E-state index in [2.05, 4.69) is 6.92 Å². The van der Waals surface area contributed by atoms with Gasteiger partial charge >= 0.3 is 0 Å². The van der Waals surface area contributed by atoms with Crippen molar-refractivity contribution in [1.29, 1.82) is 0 Å². The van der Waals surface area contributed by atoms with E-state index in [1.165, 1.54) is 0 Å². The lowest BCUT2D eigenvalue weighted by molar-refractivity contribution is 0.00684. The van der Waals surface area contributed by atoms with E-state index in [0.29, 0.717) is 6.61 Å². The van der Waals surface area contributed by atoms with Gasteiger partial charge in [-0.25, -0.2) is 0 Å². The molecule has 2 nitrogen and oxygen atoms in total. The topological polar surface area (TPSA) is 35.2 Å². The molecule has 14 heavy (non-hydrogen) atoms. The number of benzene rings is 1. The fourth-order valence-electron chi connectivity index (χ4n) is 1.94. The Labute approximate surface area is 89.0 Å². The van der Waals surface area contributed by atoms with E-state index < -0.39 is 0 Å².